The average molecular weight is 238 g/mol. The van der Waals surface area contributed by atoms with E-state index in [1.54, 1.807) is 11.0 Å². The zero-order valence-corrected chi connectivity index (χ0v) is 11.1. The van der Waals surface area contributed by atoms with Crippen LogP contribution in [0.5, 0.6) is 0 Å². The molecule has 0 aliphatic rings. The van der Waals surface area contributed by atoms with Gasteiger partial charge in [0.15, 0.2) is 0 Å². The summed E-state index contributed by atoms with van der Waals surface area (Å²) in [7, 11) is 0. The third kappa shape index (κ3) is 3.84. The third-order valence-corrected chi connectivity index (χ3v) is 3.12. The Balaban J connectivity index is 2.48. The Morgan fingerprint density at radius 1 is 1.41 bits per heavy atom. The largest absolute Gasteiger partial charge is 0.351 e. The van der Waals surface area contributed by atoms with Crippen LogP contribution in [0.25, 0.3) is 0 Å². The number of nitrogens with one attached hydrogen (secondary N) is 1. The van der Waals surface area contributed by atoms with Crippen LogP contribution in [0.3, 0.4) is 0 Å². The number of amides is 1. The summed E-state index contributed by atoms with van der Waals surface area (Å²) in [6, 6.07) is 0.152. The van der Waals surface area contributed by atoms with Crippen LogP contribution in [0.2, 0.25) is 0 Å². The Labute approximate surface area is 103 Å². The lowest BCUT2D eigenvalue weighted by atomic mass is 10.0. The van der Waals surface area contributed by atoms with E-state index in [1.165, 1.54) is 6.33 Å². The molecule has 0 unspecified atom stereocenters. The van der Waals surface area contributed by atoms with Crippen molar-refractivity contribution in [2.45, 2.75) is 52.6 Å². The molecule has 0 radical (unpaired) electrons. The van der Waals surface area contributed by atoms with Gasteiger partial charge in [0.25, 0.3) is 0 Å². The predicted molar refractivity (Wildman–Crippen MR) is 66.4 cm³/mol. The van der Waals surface area contributed by atoms with Gasteiger partial charge in [-0.15, -0.1) is 0 Å². The molecule has 3 atom stereocenters. The second-order valence-electron chi connectivity index (χ2n) is 4.60. The van der Waals surface area contributed by atoms with Gasteiger partial charge in [-0.25, -0.2) is 9.67 Å². The summed E-state index contributed by atoms with van der Waals surface area (Å²) < 4.78 is 1.76. The lowest BCUT2D eigenvalue weighted by Crippen LogP contribution is -2.40. The molecule has 1 aromatic heterocycles. The van der Waals surface area contributed by atoms with Gasteiger partial charge in [0.05, 0.1) is 6.04 Å². The van der Waals surface area contributed by atoms with Gasteiger partial charge >= 0.3 is 0 Å². The van der Waals surface area contributed by atoms with Crippen LogP contribution < -0.4 is 5.32 Å². The number of nitrogens with zero attached hydrogens (tertiary/aromatic N) is 3. The van der Waals surface area contributed by atoms with Crippen molar-refractivity contribution in [3.8, 4) is 0 Å². The van der Waals surface area contributed by atoms with Crippen LogP contribution in [0.15, 0.2) is 12.7 Å². The summed E-state index contributed by atoms with van der Waals surface area (Å²) in [6.45, 7) is 8.06. The Morgan fingerprint density at radius 3 is 2.65 bits per heavy atom. The van der Waals surface area contributed by atoms with E-state index in [9.17, 15) is 4.79 Å². The summed E-state index contributed by atoms with van der Waals surface area (Å²) in [5.41, 5.74) is 0. The van der Waals surface area contributed by atoms with E-state index in [-0.39, 0.29) is 23.9 Å². The molecule has 1 aromatic rings. The second-order valence-corrected chi connectivity index (χ2v) is 4.60. The summed E-state index contributed by atoms with van der Waals surface area (Å²) in [4.78, 5) is 15.8. The van der Waals surface area contributed by atoms with Gasteiger partial charge in [-0.2, -0.15) is 5.10 Å². The highest BCUT2D eigenvalue weighted by atomic mass is 16.1. The van der Waals surface area contributed by atoms with Crippen molar-refractivity contribution < 1.29 is 4.79 Å². The monoisotopic (exact) mass is 238 g/mol. The summed E-state index contributed by atoms with van der Waals surface area (Å²) >= 11 is 0. The molecule has 1 rings (SSSR count). The van der Waals surface area contributed by atoms with Crippen molar-refractivity contribution in [1.29, 1.82) is 0 Å². The second kappa shape index (κ2) is 6.37. The quantitative estimate of drug-likeness (QED) is 0.821. The molecule has 1 heterocycles. The summed E-state index contributed by atoms with van der Waals surface area (Å²) in [6.07, 6.45) is 5.13. The highest BCUT2D eigenvalue weighted by Gasteiger charge is 2.19. The van der Waals surface area contributed by atoms with Crippen molar-refractivity contribution in [2.75, 3.05) is 0 Å². The minimum atomic E-state index is 0.0449. The number of carbonyl (C=O) groups excluding carboxylic acids is 1. The molecule has 0 spiro atoms. The minimum absolute atomic E-state index is 0.0449. The predicted octanol–water partition coefficient (Wildman–Crippen LogP) is 1.78. The van der Waals surface area contributed by atoms with Crippen LogP contribution >= 0.6 is 0 Å². The van der Waals surface area contributed by atoms with Gasteiger partial charge in [0, 0.05) is 12.0 Å². The van der Waals surface area contributed by atoms with Crippen molar-refractivity contribution in [3.05, 3.63) is 12.7 Å². The molecule has 0 aliphatic carbocycles. The van der Waals surface area contributed by atoms with E-state index < -0.39 is 0 Å². The summed E-state index contributed by atoms with van der Waals surface area (Å²) in [5, 5.41) is 7.10. The molecular formula is C12H22N4O. The number of hydrogen-bond donors (Lipinski definition) is 1. The fourth-order valence-electron chi connectivity index (χ4n) is 1.71. The topological polar surface area (TPSA) is 59.8 Å². The van der Waals surface area contributed by atoms with Crippen LogP contribution in [-0.2, 0) is 4.79 Å². The molecule has 0 saturated carbocycles. The van der Waals surface area contributed by atoms with Gasteiger partial charge in [-0.1, -0.05) is 20.3 Å². The Kier molecular flexibility index (Phi) is 5.12. The molecule has 1 N–H and O–H groups in total. The lowest BCUT2D eigenvalue weighted by molar-refractivity contribution is -0.125. The molecule has 96 valence electrons. The number of carbonyl (C=O) groups is 1. The number of aromatic nitrogens is 3. The van der Waals surface area contributed by atoms with Crippen molar-refractivity contribution in [1.82, 2.24) is 20.1 Å². The molecule has 0 bridgehead atoms. The minimum Gasteiger partial charge on any atom is -0.351 e. The maximum absolute atomic E-state index is 11.9. The maximum atomic E-state index is 11.9. The number of hydrogen-bond acceptors (Lipinski definition) is 3. The van der Waals surface area contributed by atoms with E-state index >= 15 is 0 Å². The highest BCUT2D eigenvalue weighted by molar-refractivity contribution is 5.78. The van der Waals surface area contributed by atoms with E-state index in [0.29, 0.717) is 0 Å². The molecular weight excluding hydrogens is 216 g/mol. The van der Waals surface area contributed by atoms with Crippen LogP contribution in [0.4, 0.5) is 0 Å². The van der Waals surface area contributed by atoms with Crippen molar-refractivity contribution in [3.63, 3.8) is 0 Å². The molecule has 1 amide bonds. The molecule has 0 saturated heterocycles. The third-order valence-electron chi connectivity index (χ3n) is 3.12. The normalized spacial score (nSPS) is 16.2. The smallest absolute Gasteiger partial charge is 0.223 e. The Morgan fingerprint density at radius 2 is 2.12 bits per heavy atom. The van der Waals surface area contributed by atoms with Gasteiger partial charge in [-0.3, -0.25) is 4.79 Å². The Bertz CT molecular complexity index is 336. The molecule has 5 heteroatoms. The van der Waals surface area contributed by atoms with Gasteiger partial charge in [0.1, 0.15) is 12.7 Å². The fraction of sp³-hybridized carbons (Fsp3) is 0.750. The first kappa shape index (κ1) is 13.7. The van der Waals surface area contributed by atoms with Crippen molar-refractivity contribution in [2.24, 2.45) is 5.92 Å². The highest BCUT2D eigenvalue weighted by Crippen LogP contribution is 2.11. The van der Waals surface area contributed by atoms with Crippen LogP contribution in [0, 0.1) is 5.92 Å². The lowest BCUT2D eigenvalue weighted by Gasteiger charge is -2.23. The first-order valence-electron chi connectivity index (χ1n) is 6.20. The first-order valence-corrected chi connectivity index (χ1v) is 6.20. The van der Waals surface area contributed by atoms with Gasteiger partial charge < -0.3 is 5.32 Å². The number of rotatable bonds is 6. The first-order chi connectivity index (χ1) is 8.06. The molecule has 0 aliphatic heterocycles. The standard InChI is InChI=1S/C12H22N4O/c1-5-6-9(2)12(17)15-10(3)11(4)16-8-13-7-14-16/h7-11H,5-6H2,1-4H3,(H,15,17)/t9-,10+,11-/m0/s1. The Hall–Kier alpha value is -1.39. The van der Waals surface area contributed by atoms with Gasteiger partial charge in [-0.05, 0) is 20.3 Å². The molecule has 5 nitrogen and oxygen atoms in total. The van der Waals surface area contributed by atoms with Crippen molar-refractivity contribution >= 4 is 5.91 Å². The molecule has 0 fully saturated rings. The van der Waals surface area contributed by atoms with Crippen LogP contribution in [0.1, 0.15) is 46.6 Å². The SMILES string of the molecule is CCC[C@H](C)C(=O)N[C@H](C)[C@H](C)n1cncn1. The van der Waals surface area contributed by atoms with Crippen LogP contribution in [-0.4, -0.2) is 26.7 Å². The van der Waals surface area contributed by atoms with Gasteiger partial charge in [0.2, 0.25) is 5.91 Å². The van der Waals surface area contributed by atoms with E-state index in [4.69, 9.17) is 0 Å². The molecule has 0 aromatic carbocycles. The summed E-state index contributed by atoms with van der Waals surface area (Å²) in [5.74, 6) is 0.191. The average Bonchev–Trinajstić information content (AvgIpc) is 2.81. The van der Waals surface area contributed by atoms with E-state index in [0.717, 1.165) is 12.8 Å². The van der Waals surface area contributed by atoms with E-state index in [1.807, 2.05) is 20.8 Å². The zero-order chi connectivity index (χ0) is 12.8. The fourth-order valence-corrected chi connectivity index (χ4v) is 1.71. The zero-order valence-electron chi connectivity index (χ0n) is 11.1. The molecule has 17 heavy (non-hydrogen) atoms. The van der Waals surface area contributed by atoms with E-state index in [2.05, 4.69) is 22.3 Å². The maximum Gasteiger partial charge on any atom is 0.223 e.